The molecular weight excluding hydrogens is 268 g/mol. The highest BCUT2D eigenvalue weighted by Crippen LogP contribution is 2.20. The highest BCUT2D eigenvalue weighted by molar-refractivity contribution is 5.92. The lowest BCUT2D eigenvalue weighted by Gasteiger charge is -2.32. The van der Waals surface area contributed by atoms with Gasteiger partial charge in [0.2, 0.25) is 11.8 Å². The highest BCUT2D eigenvalue weighted by Gasteiger charge is 2.29. The summed E-state index contributed by atoms with van der Waals surface area (Å²) in [6.07, 6.45) is -0.772. The van der Waals surface area contributed by atoms with Gasteiger partial charge in [0, 0.05) is 7.05 Å². The van der Waals surface area contributed by atoms with E-state index in [1.807, 2.05) is 24.3 Å². The second-order valence-electron chi connectivity index (χ2n) is 5.86. The van der Waals surface area contributed by atoms with Gasteiger partial charge in [0.15, 0.2) is 0 Å². The van der Waals surface area contributed by atoms with Crippen molar-refractivity contribution >= 4 is 11.8 Å². The van der Waals surface area contributed by atoms with Gasteiger partial charge in [-0.1, -0.05) is 38.1 Å². The number of rotatable bonds is 4. The maximum atomic E-state index is 11.9. The smallest absolute Gasteiger partial charge is 0.242 e. The number of hydrogen-bond acceptors (Lipinski definition) is 3. The zero-order valence-electron chi connectivity index (χ0n) is 12.7. The number of piperazine rings is 1. The predicted octanol–water partition coefficient (Wildman–Crippen LogP) is 1.14. The van der Waals surface area contributed by atoms with E-state index in [4.69, 9.17) is 0 Å². The number of amides is 2. The molecular formula is C16H22N2O3. The number of likely N-dealkylation sites (N-methyl/N-ethyl adjacent to an activating group) is 1. The molecule has 1 heterocycles. The predicted molar refractivity (Wildman–Crippen MR) is 79.7 cm³/mol. The molecule has 5 nitrogen and oxygen atoms in total. The molecule has 0 saturated carbocycles. The van der Waals surface area contributed by atoms with E-state index in [1.165, 1.54) is 15.4 Å². The summed E-state index contributed by atoms with van der Waals surface area (Å²) in [5, 5.41) is 10.3. The molecule has 0 radical (unpaired) electrons. The monoisotopic (exact) mass is 290 g/mol. The van der Waals surface area contributed by atoms with Crippen LogP contribution in [-0.2, 0) is 9.59 Å². The minimum atomic E-state index is -0.772. The van der Waals surface area contributed by atoms with Crippen molar-refractivity contribution in [2.75, 3.05) is 26.7 Å². The lowest BCUT2D eigenvalue weighted by atomic mass is 10.00. The van der Waals surface area contributed by atoms with Crippen LogP contribution in [0.15, 0.2) is 24.3 Å². The van der Waals surface area contributed by atoms with Gasteiger partial charge >= 0.3 is 0 Å². The molecule has 1 atom stereocenters. The van der Waals surface area contributed by atoms with Crippen molar-refractivity contribution in [1.29, 1.82) is 0 Å². The minimum absolute atomic E-state index is 0.0382. The maximum Gasteiger partial charge on any atom is 0.242 e. The number of carbonyl (C=O) groups excluding carboxylic acids is 2. The van der Waals surface area contributed by atoms with Crippen molar-refractivity contribution < 1.29 is 14.7 Å². The van der Waals surface area contributed by atoms with E-state index < -0.39 is 6.10 Å². The molecule has 0 spiro atoms. The molecule has 0 aromatic heterocycles. The third-order valence-electron chi connectivity index (χ3n) is 3.86. The third-order valence-corrected chi connectivity index (χ3v) is 3.86. The van der Waals surface area contributed by atoms with Crippen molar-refractivity contribution in [2.24, 2.45) is 0 Å². The Morgan fingerprint density at radius 3 is 2.19 bits per heavy atom. The van der Waals surface area contributed by atoms with Gasteiger partial charge in [-0.2, -0.15) is 0 Å². The summed E-state index contributed by atoms with van der Waals surface area (Å²) in [5.74, 6) is 0.208. The first kappa shape index (κ1) is 15.5. The van der Waals surface area contributed by atoms with Crippen LogP contribution >= 0.6 is 0 Å². The van der Waals surface area contributed by atoms with Gasteiger partial charge in [-0.05, 0) is 17.0 Å². The van der Waals surface area contributed by atoms with Crippen LogP contribution in [0.1, 0.15) is 37.0 Å². The number of benzene rings is 1. The molecule has 1 saturated heterocycles. The Balaban J connectivity index is 2.02. The molecule has 1 N–H and O–H groups in total. The Morgan fingerprint density at radius 2 is 1.62 bits per heavy atom. The van der Waals surface area contributed by atoms with E-state index in [2.05, 4.69) is 13.8 Å². The van der Waals surface area contributed by atoms with Crippen LogP contribution in [0.4, 0.5) is 0 Å². The van der Waals surface area contributed by atoms with E-state index in [-0.39, 0.29) is 31.4 Å². The Kier molecular flexibility index (Phi) is 4.63. The van der Waals surface area contributed by atoms with E-state index >= 15 is 0 Å². The SMILES string of the molecule is CC(C)c1ccc(C(O)CN2CC(=O)N(C)CC2=O)cc1. The van der Waals surface area contributed by atoms with Gasteiger partial charge < -0.3 is 14.9 Å². The second-order valence-corrected chi connectivity index (χ2v) is 5.86. The van der Waals surface area contributed by atoms with E-state index in [9.17, 15) is 14.7 Å². The summed E-state index contributed by atoms with van der Waals surface area (Å²) in [6.45, 7) is 4.49. The van der Waals surface area contributed by atoms with Gasteiger partial charge in [0.25, 0.3) is 0 Å². The standard InChI is InChI=1S/C16H22N2O3/c1-11(2)12-4-6-13(7-5-12)14(19)8-18-10-15(20)17(3)9-16(18)21/h4-7,11,14,19H,8-10H2,1-3H3. The first-order chi connectivity index (χ1) is 9.88. The fourth-order valence-electron chi connectivity index (χ4n) is 2.35. The van der Waals surface area contributed by atoms with Crippen molar-refractivity contribution in [1.82, 2.24) is 9.80 Å². The second kappa shape index (κ2) is 6.26. The maximum absolute atomic E-state index is 11.9. The molecule has 0 bridgehead atoms. The third kappa shape index (κ3) is 3.61. The number of β-amino-alcohol motifs (C(OH)–C–C–N with tert-alkyl or cyclic N) is 1. The summed E-state index contributed by atoms with van der Waals surface area (Å²) in [4.78, 5) is 26.3. The van der Waals surface area contributed by atoms with Crippen molar-refractivity contribution in [3.05, 3.63) is 35.4 Å². The number of aliphatic hydroxyl groups excluding tert-OH is 1. The van der Waals surface area contributed by atoms with Crippen molar-refractivity contribution in [3.63, 3.8) is 0 Å². The van der Waals surface area contributed by atoms with Crippen LogP contribution in [0.25, 0.3) is 0 Å². The summed E-state index contributed by atoms with van der Waals surface area (Å²) in [5.41, 5.74) is 1.97. The number of hydrogen-bond donors (Lipinski definition) is 1. The fraction of sp³-hybridized carbons (Fsp3) is 0.500. The molecule has 1 aliphatic heterocycles. The molecule has 0 aliphatic carbocycles. The lowest BCUT2D eigenvalue weighted by Crippen LogP contribution is -2.53. The Morgan fingerprint density at radius 1 is 1.05 bits per heavy atom. The van der Waals surface area contributed by atoms with Crippen LogP contribution in [0.3, 0.4) is 0 Å². The molecule has 2 amide bonds. The lowest BCUT2D eigenvalue weighted by molar-refractivity contribution is -0.150. The molecule has 21 heavy (non-hydrogen) atoms. The highest BCUT2D eigenvalue weighted by atomic mass is 16.3. The number of nitrogens with zero attached hydrogens (tertiary/aromatic N) is 2. The molecule has 1 aromatic rings. The normalized spacial score (nSPS) is 17.6. The van der Waals surface area contributed by atoms with Crippen LogP contribution in [0, 0.1) is 0 Å². The summed E-state index contributed by atoms with van der Waals surface area (Å²) < 4.78 is 0. The molecule has 1 unspecified atom stereocenters. The van der Waals surface area contributed by atoms with E-state index in [1.54, 1.807) is 7.05 Å². The van der Waals surface area contributed by atoms with Gasteiger partial charge in [-0.15, -0.1) is 0 Å². The average Bonchev–Trinajstić information content (AvgIpc) is 2.44. The van der Waals surface area contributed by atoms with E-state index in [0.717, 1.165) is 5.56 Å². The van der Waals surface area contributed by atoms with Gasteiger partial charge in [-0.25, -0.2) is 0 Å². The van der Waals surface area contributed by atoms with Gasteiger partial charge in [-0.3, -0.25) is 9.59 Å². The van der Waals surface area contributed by atoms with Crippen LogP contribution in [0.2, 0.25) is 0 Å². The molecule has 1 aromatic carbocycles. The average molecular weight is 290 g/mol. The van der Waals surface area contributed by atoms with Crippen molar-refractivity contribution in [3.8, 4) is 0 Å². The van der Waals surface area contributed by atoms with Crippen LogP contribution in [0.5, 0.6) is 0 Å². The molecule has 1 fully saturated rings. The zero-order valence-corrected chi connectivity index (χ0v) is 12.7. The molecule has 1 aliphatic rings. The number of aliphatic hydroxyl groups is 1. The first-order valence-corrected chi connectivity index (χ1v) is 7.18. The van der Waals surface area contributed by atoms with Crippen LogP contribution in [-0.4, -0.2) is 53.4 Å². The summed E-state index contributed by atoms with van der Waals surface area (Å²) >= 11 is 0. The summed E-state index contributed by atoms with van der Waals surface area (Å²) in [6, 6.07) is 7.73. The first-order valence-electron chi connectivity index (χ1n) is 7.18. The van der Waals surface area contributed by atoms with Crippen molar-refractivity contribution in [2.45, 2.75) is 25.9 Å². The Bertz CT molecular complexity index is 525. The molecule has 2 rings (SSSR count). The quantitative estimate of drug-likeness (QED) is 0.904. The van der Waals surface area contributed by atoms with E-state index in [0.29, 0.717) is 5.92 Å². The Hall–Kier alpha value is -1.88. The molecule has 114 valence electrons. The topological polar surface area (TPSA) is 60.9 Å². The Labute approximate surface area is 125 Å². The van der Waals surface area contributed by atoms with Gasteiger partial charge in [0.1, 0.15) is 0 Å². The zero-order chi connectivity index (χ0) is 15.6. The summed E-state index contributed by atoms with van der Waals surface area (Å²) in [7, 11) is 1.61. The minimum Gasteiger partial charge on any atom is -0.387 e. The molecule has 5 heteroatoms. The van der Waals surface area contributed by atoms with Crippen LogP contribution < -0.4 is 0 Å². The fourth-order valence-corrected chi connectivity index (χ4v) is 2.35. The number of carbonyl (C=O) groups is 2. The largest absolute Gasteiger partial charge is 0.387 e. The van der Waals surface area contributed by atoms with Gasteiger partial charge in [0.05, 0.1) is 25.7 Å².